The van der Waals surface area contributed by atoms with Crippen molar-refractivity contribution in [2.24, 2.45) is 0 Å². The van der Waals surface area contributed by atoms with E-state index in [-0.39, 0.29) is 0 Å². The summed E-state index contributed by atoms with van der Waals surface area (Å²) in [4.78, 5) is 0. The van der Waals surface area contributed by atoms with Gasteiger partial charge in [0, 0.05) is 5.41 Å². The fraction of sp³-hybridized carbons (Fsp3) is 0.500. The standard InChI is InChI=1S/C6H10N2O2S/c1-4-11(9,10)8-6(2,3)5-7/h4,8H,1H2,2-3H3. The molecule has 0 unspecified atom stereocenters. The molecule has 0 aromatic rings. The molecule has 1 N–H and O–H groups in total. The first-order chi connectivity index (χ1) is 4.83. The van der Waals surface area contributed by atoms with Crippen LogP contribution in [0.3, 0.4) is 0 Å². The molecule has 0 spiro atoms. The molecule has 5 heteroatoms. The Morgan fingerprint density at radius 1 is 1.64 bits per heavy atom. The molecule has 62 valence electrons. The largest absolute Gasteiger partial charge is 0.234 e. The second-order valence-electron chi connectivity index (χ2n) is 2.55. The van der Waals surface area contributed by atoms with Crippen molar-refractivity contribution in [2.45, 2.75) is 19.4 Å². The maximum Gasteiger partial charge on any atom is 0.234 e. The molecule has 0 aliphatic carbocycles. The van der Waals surface area contributed by atoms with Crippen LogP contribution in [0, 0.1) is 11.3 Å². The summed E-state index contributed by atoms with van der Waals surface area (Å²) in [7, 11) is -3.50. The van der Waals surface area contributed by atoms with Crippen LogP contribution < -0.4 is 4.72 Å². The van der Waals surface area contributed by atoms with Crippen LogP contribution >= 0.6 is 0 Å². The third-order valence-electron chi connectivity index (χ3n) is 0.896. The third-order valence-corrected chi connectivity index (χ3v) is 2.13. The van der Waals surface area contributed by atoms with E-state index in [2.05, 4.69) is 11.3 Å². The maximum absolute atomic E-state index is 10.8. The molecule has 0 aliphatic heterocycles. The topological polar surface area (TPSA) is 70.0 Å². The lowest BCUT2D eigenvalue weighted by atomic mass is 10.1. The van der Waals surface area contributed by atoms with E-state index in [1.165, 1.54) is 13.8 Å². The van der Waals surface area contributed by atoms with Gasteiger partial charge in [0.2, 0.25) is 10.0 Å². The number of rotatable bonds is 3. The van der Waals surface area contributed by atoms with Gasteiger partial charge < -0.3 is 0 Å². The molecule has 0 rings (SSSR count). The Morgan fingerprint density at radius 2 is 2.09 bits per heavy atom. The second kappa shape index (κ2) is 3.03. The first-order valence-corrected chi connectivity index (χ1v) is 4.45. The lowest BCUT2D eigenvalue weighted by molar-refractivity contribution is 0.543. The van der Waals surface area contributed by atoms with Crippen LogP contribution in [0.25, 0.3) is 0 Å². The van der Waals surface area contributed by atoms with Crippen molar-refractivity contribution in [1.82, 2.24) is 4.72 Å². The summed E-state index contributed by atoms with van der Waals surface area (Å²) in [5, 5.41) is 9.21. The summed E-state index contributed by atoms with van der Waals surface area (Å²) < 4.78 is 23.7. The van der Waals surface area contributed by atoms with Crippen molar-refractivity contribution < 1.29 is 8.42 Å². The molecule has 0 bridgehead atoms. The van der Waals surface area contributed by atoms with E-state index in [4.69, 9.17) is 5.26 Å². The lowest BCUT2D eigenvalue weighted by Crippen LogP contribution is -2.40. The highest BCUT2D eigenvalue weighted by Crippen LogP contribution is 2.01. The predicted octanol–water partition coefficient (Wildman–Crippen LogP) is 0.351. The van der Waals surface area contributed by atoms with Gasteiger partial charge in [-0.05, 0) is 13.8 Å². The summed E-state index contributed by atoms with van der Waals surface area (Å²) >= 11 is 0. The molecular weight excluding hydrogens is 164 g/mol. The maximum atomic E-state index is 10.8. The first kappa shape index (κ1) is 10.1. The van der Waals surface area contributed by atoms with Gasteiger partial charge in [-0.3, -0.25) is 0 Å². The van der Waals surface area contributed by atoms with Crippen LogP contribution in [0.1, 0.15) is 13.8 Å². The number of hydrogen-bond donors (Lipinski definition) is 1. The molecule has 4 nitrogen and oxygen atoms in total. The molecule has 0 aromatic heterocycles. The van der Waals surface area contributed by atoms with Gasteiger partial charge in [-0.15, -0.1) is 0 Å². The minimum atomic E-state index is -3.50. The van der Waals surface area contributed by atoms with E-state index in [0.717, 1.165) is 5.41 Å². The zero-order valence-electron chi connectivity index (χ0n) is 6.46. The normalized spacial score (nSPS) is 12.1. The summed E-state index contributed by atoms with van der Waals surface area (Å²) in [5.74, 6) is 0. The van der Waals surface area contributed by atoms with Crippen molar-refractivity contribution in [1.29, 1.82) is 5.26 Å². The Bertz CT molecular complexity index is 284. The number of nitrogens with zero attached hydrogens (tertiary/aromatic N) is 1. The first-order valence-electron chi connectivity index (χ1n) is 2.91. The minimum absolute atomic E-state index is 0.770. The van der Waals surface area contributed by atoms with Crippen LogP contribution in [0.5, 0.6) is 0 Å². The predicted molar refractivity (Wildman–Crippen MR) is 41.9 cm³/mol. The second-order valence-corrected chi connectivity index (χ2v) is 4.18. The summed E-state index contributed by atoms with van der Waals surface area (Å²) in [6, 6.07) is 1.79. The monoisotopic (exact) mass is 174 g/mol. The van der Waals surface area contributed by atoms with Crippen LogP contribution in [-0.2, 0) is 10.0 Å². The van der Waals surface area contributed by atoms with E-state index in [1.54, 1.807) is 6.07 Å². The number of nitriles is 1. The zero-order chi connectivity index (χ0) is 9.12. The van der Waals surface area contributed by atoms with E-state index >= 15 is 0 Å². The van der Waals surface area contributed by atoms with Gasteiger partial charge in [0.1, 0.15) is 5.54 Å². The van der Waals surface area contributed by atoms with E-state index in [1.807, 2.05) is 0 Å². The highest BCUT2D eigenvalue weighted by molar-refractivity contribution is 7.92. The molecule has 0 fully saturated rings. The molecular formula is C6H10N2O2S. The quantitative estimate of drug-likeness (QED) is 0.671. The van der Waals surface area contributed by atoms with Crippen molar-refractivity contribution in [3.8, 4) is 6.07 Å². The van der Waals surface area contributed by atoms with Crippen LogP contribution in [0.4, 0.5) is 0 Å². The highest BCUT2D eigenvalue weighted by atomic mass is 32.2. The molecule has 0 amide bonds. The Balaban J connectivity index is 4.55. The third kappa shape index (κ3) is 3.75. The lowest BCUT2D eigenvalue weighted by Gasteiger charge is -2.14. The minimum Gasteiger partial charge on any atom is -0.208 e. The van der Waals surface area contributed by atoms with Gasteiger partial charge in [-0.1, -0.05) is 6.58 Å². The van der Waals surface area contributed by atoms with Gasteiger partial charge in [-0.25, -0.2) is 8.42 Å². The molecule has 0 saturated carbocycles. The van der Waals surface area contributed by atoms with E-state index in [9.17, 15) is 8.42 Å². The van der Waals surface area contributed by atoms with Gasteiger partial charge in [0.05, 0.1) is 6.07 Å². The highest BCUT2D eigenvalue weighted by Gasteiger charge is 2.21. The van der Waals surface area contributed by atoms with Crippen molar-refractivity contribution in [2.75, 3.05) is 0 Å². The number of nitrogens with one attached hydrogen (secondary N) is 1. The summed E-state index contributed by atoms with van der Waals surface area (Å²) in [6.45, 7) is 6.02. The van der Waals surface area contributed by atoms with Crippen LogP contribution in [-0.4, -0.2) is 14.0 Å². The van der Waals surface area contributed by atoms with Crippen molar-refractivity contribution >= 4 is 10.0 Å². The fourth-order valence-corrected chi connectivity index (χ4v) is 1.26. The Hall–Kier alpha value is -0.860. The van der Waals surface area contributed by atoms with Gasteiger partial charge in [0.25, 0.3) is 0 Å². The molecule has 0 aliphatic rings. The van der Waals surface area contributed by atoms with E-state index in [0.29, 0.717) is 0 Å². The Labute approximate surface area is 66.6 Å². The average Bonchev–Trinajstić information content (AvgIpc) is 1.86. The van der Waals surface area contributed by atoms with Crippen molar-refractivity contribution in [3.05, 3.63) is 12.0 Å². The van der Waals surface area contributed by atoms with Crippen LogP contribution in [0.15, 0.2) is 12.0 Å². The van der Waals surface area contributed by atoms with E-state index < -0.39 is 15.6 Å². The summed E-state index contributed by atoms with van der Waals surface area (Å²) in [6.07, 6.45) is 0. The van der Waals surface area contributed by atoms with Gasteiger partial charge in [-0.2, -0.15) is 9.98 Å². The average molecular weight is 174 g/mol. The molecule has 0 saturated heterocycles. The Morgan fingerprint density at radius 3 is 2.36 bits per heavy atom. The van der Waals surface area contributed by atoms with Gasteiger partial charge >= 0.3 is 0 Å². The Kier molecular flexibility index (Phi) is 2.79. The summed E-state index contributed by atoms with van der Waals surface area (Å²) in [5.41, 5.74) is -1.08. The zero-order valence-corrected chi connectivity index (χ0v) is 7.27. The smallest absolute Gasteiger partial charge is 0.208 e. The fourth-order valence-electron chi connectivity index (χ4n) is 0.420. The molecule has 0 aromatic carbocycles. The molecule has 11 heavy (non-hydrogen) atoms. The number of hydrogen-bond acceptors (Lipinski definition) is 3. The molecule has 0 atom stereocenters. The van der Waals surface area contributed by atoms with Crippen molar-refractivity contribution in [3.63, 3.8) is 0 Å². The van der Waals surface area contributed by atoms with Crippen LogP contribution in [0.2, 0.25) is 0 Å². The number of sulfonamides is 1. The SMILES string of the molecule is C=CS(=O)(=O)NC(C)(C)C#N. The van der Waals surface area contributed by atoms with Gasteiger partial charge in [0.15, 0.2) is 0 Å². The molecule has 0 heterocycles. The molecule has 0 radical (unpaired) electrons.